The summed E-state index contributed by atoms with van der Waals surface area (Å²) < 4.78 is 15.2. The molecule has 1 rings (SSSR count). The molecule has 0 aliphatic carbocycles. The molecule has 1 aromatic carbocycles. The number of methoxy groups -OCH3 is 3. The molecule has 0 aliphatic rings. The number of amides is 1. The van der Waals surface area contributed by atoms with Crippen LogP contribution in [0.5, 0.6) is 5.75 Å². The van der Waals surface area contributed by atoms with Crippen LogP contribution in [0.15, 0.2) is 22.7 Å². The third kappa shape index (κ3) is 4.21. The maximum atomic E-state index is 12.2. The molecule has 1 aromatic rings. The highest BCUT2D eigenvalue weighted by atomic mass is 79.9. The van der Waals surface area contributed by atoms with Crippen molar-refractivity contribution in [1.29, 1.82) is 0 Å². The van der Waals surface area contributed by atoms with E-state index in [1.807, 2.05) is 0 Å². The molecule has 0 saturated carbocycles. The van der Waals surface area contributed by atoms with E-state index in [0.29, 0.717) is 15.8 Å². The molecule has 0 heterocycles. The fourth-order valence-electron chi connectivity index (χ4n) is 1.52. The Bertz CT molecular complexity index is 492. The van der Waals surface area contributed by atoms with Gasteiger partial charge in [0.15, 0.2) is 6.04 Å². The number of esters is 1. The van der Waals surface area contributed by atoms with E-state index in [2.05, 4.69) is 26.0 Å². The summed E-state index contributed by atoms with van der Waals surface area (Å²) in [6.45, 7) is 0.0278. The number of benzene rings is 1. The highest BCUT2D eigenvalue weighted by Crippen LogP contribution is 2.22. The molecule has 0 fully saturated rings. The Balaban J connectivity index is 2.91. The number of rotatable bonds is 6. The van der Waals surface area contributed by atoms with E-state index in [4.69, 9.17) is 9.47 Å². The van der Waals surface area contributed by atoms with Gasteiger partial charge < -0.3 is 19.5 Å². The lowest BCUT2D eigenvalue weighted by Gasteiger charge is -2.16. The second kappa shape index (κ2) is 7.86. The molecule has 1 amide bonds. The summed E-state index contributed by atoms with van der Waals surface area (Å²) in [7, 11) is 4.19. The lowest BCUT2D eigenvalue weighted by molar-refractivity contribution is -0.144. The second-order valence-corrected chi connectivity index (χ2v) is 4.70. The van der Waals surface area contributed by atoms with Gasteiger partial charge in [0.1, 0.15) is 5.75 Å². The van der Waals surface area contributed by atoms with Gasteiger partial charge in [-0.25, -0.2) is 4.79 Å². The van der Waals surface area contributed by atoms with Crippen molar-refractivity contribution in [3.63, 3.8) is 0 Å². The van der Waals surface area contributed by atoms with Crippen LogP contribution in [0.1, 0.15) is 10.4 Å². The molecular weight excluding hydrogens is 330 g/mol. The molecule has 1 atom stereocenters. The Morgan fingerprint density at radius 1 is 1.30 bits per heavy atom. The minimum atomic E-state index is -0.865. The predicted molar refractivity (Wildman–Crippen MR) is 75.8 cm³/mol. The van der Waals surface area contributed by atoms with Gasteiger partial charge in [0.2, 0.25) is 0 Å². The zero-order valence-electron chi connectivity index (χ0n) is 11.4. The van der Waals surface area contributed by atoms with Crippen molar-refractivity contribution < 1.29 is 23.8 Å². The highest BCUT2D eigenvalue weighted by Gasteiger charge is 2.23. The van der Waals surface area contributed by atoms with Crippen molar-refractivity contribution >= 4 is 27.8 Å². The normalized spacial score (nSPS) is 11.6. The zero-order valence-corrected chi connectivity index (χ0v) is 13.0. The molecule has 0 saturated heterocycles. The molecule has 0 bridgehead atoms. The van der Waals surface area contributed by atoms with Crippen molar-refractivity contribution in [2.24, 2.45) is 0 Å². The van der Waals surface area contributed by atoms with Crippen LogP contribution in [0.2, 0.25) is 0 Å². The third-order valence-corrected chi connectivity index (χ3v) is 3.23. The smallest absolute Gasteiger partial charge is 0.330 e. The zero-order chi connectivity index (χ0) is 15.1. The van der Waals surface area contributed by atoms with Crippen molar-refractivity contribution in [1.82, 2.24) is 5.32 Å². The first-order chi connectivity index (χ1) is 9.53. The Morgan fingerprint density at radius 2 is 2.00 bits per heavy atom. The lowest BCUT2D eigenvalue weighted by atomic mass is 10.2. The number of hydrogen-bond donors (Lipinski definition) is 1. The number of ether oxygens (including phenoxy) is 3. The third-order valence-electron chi connectivity index (χ3n) is 2.54. The number of hydrogen-bond acceptors (Lipinski definition) is 5. The summed E-state index contributed by atoms with van der Waals surface area (Å²) in [5.41, 5.74) is 0.356. The van der Waals surface area contributed by atoms with Crippen molar-refractivity contribution in [3.05, 3.63) is 28.2 Å². The molecule has 0 spiro atoms. The van der Waals surface area contributed by atoms with Crippen LogP contribution >= 0.6 is 15.9 Å². The van der Waals surface area contributed by atoms with Crippen LogP contribution in [0.3, 0.4) is 0 Å². The van der Waals surface area contributed by atoms with E-state index in [9.17, 15) is 9.59 Å². The number of carbonyl (C=O) groups excluding carboxylic acids is 2. The number of nitrogens with one attached hydrogen (secondary N) is 1. The average Bonchev–Trinajstić information content (AvgIpc) is 2.46. The van der Waals surface area contributed by atoms with E-state index in [-0.39, 0.29) is 6.61 Å². The SMILES string of the molecule is COCC(NC(=O)c1cc(OC)ccc1Br)C(=O)OC. The van der Waals surface area contributed by atoms with Crippen molar-refractivity contribution in [2.75, 3.05) is 27.9 Å². The molecule has 0 aromatic heterocycles. The molecular formula is C13H16BrNO5. The highest BCUT2D eigenvalue weighted by molar-refractivity contribution is 9.10. The van der Waals surface area contributed by atoms with E-state index >= 15 is 0 Å². The maximum Gasteiger partial charge on any atom is 0.330 e. The standard InChI is InChI=1S/C13H16BrNO5/c1-18-7-11(13(17)20-3)15-12(16)9-6-8(19-2)4-5-10(9)14/h4-6,11H,7H2,1-3H3,(H,15,16). The van der Waals surface area contributed by atoms with Crippen LogP contribution in [0.25, 0.3) is 0 Å². The maximum absolute atomic E-state index is 12.2. The topological polar surface area (TPSA) is 73.9 Å². The van der Waals surface area contributed by atoms with Crippen LogP contribution in [0, 0.1) is 0 Å². The summed E-state index contributed by atoms with van der Waals surface area (Å²) in [5, 5.41) is 2.55. The Labute approximate surface area is 125 Å². The quantitative estimate of drug-likeness (QED) is 0.788. The minimum Gasteiger partial charge on any atom is -0.497 e. The van der Waals surface area contributed by atoms with E-state index in [1.54, 1.807) is 18.2 Å². The van der Waals surface area contributed by atoms with Crippen molar-refractivity contribution in [2.45, 2.75) is 6.04 Å². The molecule has 0 aliphatic heterocycles. The lowest BCUT2D eigenvalue weighted by Crippen LogP contribution is -2.44. The summed E-state index contributed by atoms with van der Waals surface area (Å²) in [6, 6.07) is 4.11. The first-order valence-corrected chi connectivity index (χ1v) is 6.54. The monoisotopic (exact) mass is 345 g/mol. The van der Waals surface area contributed by atoms with Gasteiger partial charge in [0.25, 0.3) is 5.91 Å². The number of carbonyl (C=O) groups is 2. The van der Waals surface area contributed by atoms with Crippen LogP contribution in [-0.4, -0.2) is 45.9 Å². The first-order valence-electron chi connectivity index (χ1n) is 5.74. The van der Waals surface area contributed by atoms with Gasteiger partial charge in [-0.2, -0.15) is 0 Å². The van der Waals surface area contributed by atoms with Crippen LogP contribution in [-0.2, 0) is 14.3 Å². The van der Waals surface area contributed by atoms with Gasteiger partial charge in [0.05, 0.1) is 26.4 Å². The fraction of sp³-hybridized carbons (Fsp3) is 0.385. The molecule has 0 radical (unpaired) electrons. The average molecular weight is 346 g/mol. The molecule has 110 valence electrons. The van der Waals surface area contributed by atoms with Crippen LogP contribution in [0.4, 0.5) is 0 Å². The predicted octanol–water partition coefficient (Wildman–Crippen LogP) is 1.38. The van der Waals surface area contributed by atoms with E-state index in [1.165, 1.54) is 21.3 Å². The first kappa shape index (κ1) is 16.5. The van der Waals surface area contributed by atoms with Gasteiger partial charge in [-0.05, 0) is 34.1 Å². The Kier molecular flexibility index (Phi) is 6.47. The van der Waals surface area contributed by atoms with Gasteiger partial charge in [-0.1, -0.05) is 0 Å². The van der Waals surface area contributed by atoms with Gasteiger partial charge >= 0.3 is 5.97 Å². The van der Waals surface area contributed by atoms with Gasteiger partial charge in [-0.3, -0.25) is 4.79 Å². The molecule has 7 heteroatoms. The molecule has 1 N–H and O–H groups in total. The summed E-state index contributed by atoms with van der Waals surface area (Å²) >= 11 is 3.28. The largest absolute Gasteiger partial charge is 0.497 e. The van der Waals surface area contributed by atoms with Crippen LogP contribution < -0.4 is 10.1 Å². The van der Waals surface area contributed by atoms with E-state index < -0.39 is 17.9 Å². The summed E-state index contributed by atoms with van der Waals surface area (Å²) in [5.74, 6) is -0.456. The summed E-state index contributed by atoms with van der Waals surface area (Å²) in [6.07, 6.45) is 0. The van der Waals surface area contributed by atoms with Crippen molar-refractivity contribution in [3.8, 4) is 5.75 Å². The molecule has 20 heavy (non-hydrogen) atoms. The molecule has 1 unspecified atom stereocenters. The molecule has 6 nitrogen and oxygen atoms in total. The second-order valence-electron chi connectivity index (χ2n) is 3.85. The Morgan fingerprint density at radius 3 is 2.55 bits per heavy atom. The number of halogens is 1. The van der Waals surface area contributed by atoms with E-state index in [0.717, 1.165) is 0 Å². The van der Waals surface area contributed by atoms with Gasteiger partial charge in [0, 0.05) is 11.6 Å². The fourth-order valence-corrected chi connectivity index (χ4v) is 1.95. The summed E-state index contributed by atoms with van der Waals surface area (Å²) in [4.78, 5) is 23.7. The Hall–Kier alpha value is -1.60. The minimum absolute atomic E-state index is 0.0278. The van der Waals surface area contributed by atoms with Gasteiger partial charge in [-0.15, -0.1) is 0 Å².